The van der Waals surface area contributed by atoms with Crippen molar-refractivity contribution in [2.45, 2.75) is 33.2 Å². The van der Waals surface area contributed by atoms with Crippen LogP contribution in [0.3, 0.4) is 0 Å². The van der Waals surface area contributed by atoms with Crippen molar-refractivity contribution < 1.29 is 4.52 Å². The minimum Gasteiger partial charge on any atom is -0.339 e. The van der Waals surface area contributed by atoms with Crippen LogP contribution in [0.5, 0.6) is 0 Å². The van der Waals surface area contributed by atoms with Gasteiger partial charge in [0, 0.05) is 30.4 Å². The van der Waals surface area contributed by atoms with Crippen LogP contribution in [0.25, 0.3) is 11.4 Å². The fourth-order valence-corrected chi connectivity index (χ4v) is 2.03. The van der Waals surface area contributed by atoms with Crippen molar-refractivity contribution in [1.29, 1.82) is 0 Å². The highest BCUT2D eigenvalue weighted by Gasteiger charge is 2.17. The number of hydrogen-bond donors (Lipinski definition) is 1. The Bertz CT molecular complexity index is 536. The maximum Gasteiger partial charge on any atom is 0.228 e. The van der Waals surface area contributed by atoms with Gasteiger partial charge in [-0.2, -0.15) is 4.98 Å². The van der Waals surface area contributed by atoms with Crippen LogP contribution in [0.4, 0.5) is 0 Å². The summed E-state index contributed by atoms with van der Waals surface area (Å²) in [6.07, 6.45) is 4.28. The predicted octanol–water partition coefficient (Wildman–Crippen LogP) is 2.23. The molecule has 1 atom stereocenters. The molecule has 2 aromatic heterocycles. The number of rotatable bonds is 5. The van der Waals surface area contributed by atoms with E-state index in [-0.39, 0.29) is 0 Å². The van der Waals surface area contributed by atoms with Gasteiger partial charge in [-0.3, -0.25) is 4.98 Å². The van der Waals surface area contributed by atoms with Crippen molar-refractivity contribution in [1.82, 2.24) is 20.4 Å². The van der Waals surface area contributed by atoms with E-state index in [0.717, 1.165) is 17.5 Å². The maximum absolute atomic E-state index is 5.34. The number of aryl methyl sites for hydroxylation is 1. The second-order valence-electron chi connectivity index (χ2n) is 5.05. The van der Waals surface area contributed by atoms with Crippen LogP contribution < -0.4 is 5.32 Å². The molecule has 5 nitrogen and oxygen atoms in total. The molecule has 0 spiro atoms. The minimum atomic E-state index is 0.340. The topological polar surface area (TPSA) is 63.8 Å². The summed E-state index contributed by atoms with van der Waals surface area (Å²) in [5.74, 6) is 1.82. The van der Waals surface area contributed by atoms with Gasteiger partial charge in [0.2, 0.25) is 11.7 Å². The van der Waals surface area contributed by atoms with Crippen molar-refractivity contribution in [2.24, 2.45) is 5.92 Å². The molecule has 1 N–H and O–H groups in total. The summed E-state index contributed by atoms with van der Waals surface area (Å²) in [5, 5.41) is 7.32. The Hall–Kier alpha value is -1.75. The third-order valence-corrected chi connectivity index (χ3v) is 3.30. The van der Waals surface area contributed by atoms with E-state index < -0.39 is 0 Å². The van der Waals surface area contributed by atoms with Crippen LogP contribution in [0.1, 0.15) is 25.3 Å². The first kappa shape index (κ1) is 13.7. The molecular weight excluding hydrogens is 240 g/mol. The molecular formula is C14H20N4O. The molecule has 0 aliphatic rings. The first-order valence-corrected chi connectivity index (χ1v) is 6.52. The van der Waals surface area contributed by atoms with Crippen LogP contribution in [0.15, 0.2) is 23.0 Å². The van der Waals surface area contributed by atoms with Gasteiger partial charge in [-0.25, -0.2) is 0 Å². The highest BCUT2D eigenvalue weighted by molar-refractivity contribution is 5.57. The zero-order valence-electron chi connectivity index (χ0n) is 11.8. The molecule has 2 rings (SSSR count). The smallest absolute Gasteiger partial charge is 0.228 e. The number of hydrogen-bond acceptors (Lipinski definition) is 5. The molecule has 5 heteroatoms. The fraction of sp³-hybridized carbons (Fsp3) is 0.500. The van der Waals surface area contributed by atoms with Gasteiger partial charge in [-0.15, -0.1) is 0 Å². The zero-order valence-corrected chi connectivity index (χ0v) is 11.8. The summed E-state index contributed by atoms with van der Waals surface area (Å²) >= 11 is 0. The lowest BCUT2D eigenvalue weighted by molar-refractivity contribution is 0.335. The van der Waals surface area contributed by atoms with Gasteiger partial charge in [-0.1, -0.05) is 19.0 Å². The highest BCUT2D eigenvalue weighted by Crippen LogP contribution is 2.19. The Morgan fingerprint density at radius 3 is 2.79 bits per heavy atom. The van der Waals surface area contributed by atoms with Gasteiger partial charge in [0.1, 0.15) is 0 Å². The summed E-state index contributed by atoms with van der Waals surface area (Å²) in [6.45, 7) is 6.33. The second-order valence-corrected chi connectivity index (χ2v) is 5.05. The van der Waals surface area contributed by atoms with Crippen LogP contribution in [0, 0.1) is 12.8 Å². The molecule has 0 fully saturated rings. The maximum atomic E-state index is 5.34. The van der Waals surface area contributed by atoms with Gasteiger partial charge >= 0.3 is 0 Å². The Labute approximate surface area is 113 Å². The molecule has 0 radical (unpaired) electrons. The monoisotopic (exact) mass is 260 g/mol. The number of nitrogens with one attached hydrogen (secondary N) is 1. The summed E-state index contributed by atoms with van der Waals surface area (Å²) in [5.41, 5.74) is 2.01. The molecule has 0 saturated carbocycles. The quantitative estimate of drug-likeness (QED) is 0.893. The molecule has 2 heterocycles. The fourth-order valence-electron chi connectivity index (χ4n) is 2.03. The van der Waals surface area contributed by atoms with E-state index in [4.69, 9.17) is 4.52 Å². The lowest BCUT2D eigenvalue weighted by Crippen LogP contribution is -2.32. The third kappa shape index (κ3) is 3.17. The van der Waals surface area contributed by atoms with Gasteiger partial charge in [-0.05, 0) is 31.5 Å². The van der Waals surface area contributed by atoms with Crippen molar-refractivity contribution >= 4 is 0 Å². The highest BCUT2D eigenvalue weighted by atomic mass is 16.5. The SMILES string of the molecule is CNC(Cc1nc(-c2ccncc2C)no1)C(C)C. The van der Waals surface area contributed by atoms with E-state index in [0.29, 0.717) is 23.7 Å². The Kier molecular flexibility index (Phi) is 4.27. The molecule has 0 bridgehead atoms. The normalized spacial score (nSPS) is 12.9. The van der Waals surface area contributed by atoms with E-state index in [1.165, 1.54) is 0 Å². The van der Waals surface area contributed by atoms with Gasteiger partial charge in [0.15, 0.2) is 0 Å². The molecule has 0 amide bonds. The summed E-state index contributed by atoms with van der Waals surface area (Å²) < 4.78 is 5.34. The van der Waals surface area contributed by atoms with Crippen LogP contribution in [-0.2, 0) is 6.42 Å². The molecule has 0 aromatic carbocycles. The largest absolute Gasteiger partial charge is 0.339 e. The first-order valence-electron chi connectivity index (χ1n) is 6.52. The minimum absolute atomic E-state index is 0.340. The number of nitrogens with zero attached hydrogens (tertiary/aromatic N) is 3. The summed E-state index contributed by atoms with van der Waals surface area (Å²) in [6, 6.07) is 2.24. The lowest BCUT2D eigenvalue weighted by atomic mass is 10.0. The molecule has 0 saturated heterocycles. The van der Waals surface area contributed by atoms with E-state index in [1.807, 2.05) is 20.0 Å². The van der Waals surface area contributed by atoms with Gasteiger partial charge < -0.3 is 9.84 Å². The van der Waals surface area contributed by atoms with Crippen LogP contribution >= 0.6 is 0 Å². The average molecular weight is 260 g/mol. The molecule has 0 aliphatic carbocycles. The van der Waals surface area contributed by atoms with Crippen LogP contribution in [0.2, 0.25) is 0 Å². The van der Waals surface area contributed by atoms with E-state index in [1.54, 1.807) is 12.4 Å². The van der Waals surface area contributed by atoms with E-state index in [9.17, 15) is 0 Å². The summed E-state index contributed by atoms with van der Waals surface area (Å²) in [4.78, 5) is 8.53. The number of aromatic nitrogens is 3. The van der Waals surface area contributed by atoms with Crippen molar-refractivity contribution in [3.8, 4) is 11.4 Å². The standard InChI is InChI=1S/C14H20N4O/c1-9(2)12(15-4)7-13-17-14(18-19-13)11-5-6-16-8-10(11)3/h5-6,8-9,12,15H,7H2,1-4H3. The zero-order chi connectivity index (χ0) is 13.8. The number of likely N-dealkylation sites (N-methyl/N-ethyl adjacent to an activating group) is 1. The second kappa shape index (κ2) is 5.93. The Morgan fingerprint density at radius 1 is 1.37 bits per heavy atom. The third-order valence-electron chi connectivity index (χ3n) is 3.30. The van der Waals surface area contributed by atoms with Crippen LogP contribution in [-0.4, -0.2) is 28.2 Å². The lowest BCUT2D eigenvalue weighted by Gasteiger charge is -2.17. The summed E-state index contributed by atoms with van der Waals surface area (Å²) in [7, 11) is 1.95. The van der Waals surface area contributed by atoms with Crippen molar-refractivity contribution in [2.75, 3.05) is 7.05 Å². The Balaban J connectivity index is 2.18. The van der Waals surface area contributed by atoms with E-state index >= 15 is 0 Å². The first-order chi connectivity index (χ1) is 9.11. The average Bonchev–Trinajstić information content (AvgIpc) is 2.84. The number of pyridine rings is 1. The molecule has 0 aliphatic heterocycles. The molecule has 1 unspecified atom stereocenters. The van der Waals surface area contributed by atoms with Gasteiger partial charge in [0.05, 0.1) is 0 Å². The molecule has 102 valence electrons. The Morgan fingerprint density at radius 2 is 2.16 bits per heavy atom. The van der Waals surface area contributed by atoms with Crippen molar-refractivity contribution in [3.05, 3.63) is 29.9 Å². The van der Waals surface area contributed by atoms with E-state index in [2.05, 4.69) is 34.3 Å². The molecule has 19 heavy (non-hydrogen) atoms. The predicted molar refractivity (Wildman–Crippen MR) is 73.7 cm³/mol. The molecule has 2 aromatic rings. The van der Waals surface area contributed by atoms with Gasteiger partial charge in [0.25, 0.3) is 0 Å². The van der Waals surface area contributed by atoms with Crippen molar-refractivity contribution in [3.63, 3.8) is 0 Å².